The van der Waals surface area contributed by atoms with E-state index in [0.717, 1.165) is 18.7 Å². The monoisotopic (exact) mass is 225 g/mol. The molecule has 0 unspecified atom stereocenters. The first-order valence-corrected chi connectivity index (χ1v) is 5.60. The zero-order valence-corrected chi connectivity index (χ0v) is 9.85. The molecule has 90 valence electrons. The molecule has 1 heterocycles. The number of rotatable bonds is 6. The molecule has 5 nitrogen and oxygen atoms in total. The normalized spacial score (nSPS) is 12.4. The lowest BCUT2D eigenvalue weighted by atomic mass is 10.1. The SMILES string of the molecule is CCCn1cncc1[C@H](N)CC(=O)OCC. The molecule has 0 saturated heterocycles. The van der Waals surface area contributed by atoms with Gasteiger partial charge in [-0.3, -0.25) is 4.79 Å². The van der Waals surface area contributed by atoms with E-state index in [1.165, 1.54) is 0 Å². The number of nitrogens with zero attached hydrogens (tertiary/aromatic N) is 2. The third-order valence-electron chi connectivity index (χ3n) is 2.28. The van der Waals surface area contributed by atoms with E-state index in [4.69, 9.17) is 10.5 Å². The topological polar surface area (TPSA) is 70.1 Å². The van der Waals surface area contributed by atoms with Crippen LogP contribution in [0.3, 0.4) is 0 Å². The van der Waals surface area contributed by atoms with Crippen LogP contribution in [0, 0.1) is 0 Å². The highest BCUT2D eigenvalue weighted by Gasteiger charge is 2.15. The first-order valence-electron chi connectivity index (χ1n) is 5.60. The summed E-state index contributed by atoms with van der Waals surface area (Å²) in [4.78, 5) is 15.3. The van der Waals surface area contributed by atoms with Crippen molar-refractivity contribution in [2.75, 3.05) is 6.61 Å². The van der Waals surface area contributed by atoms with Crippen molar-refractivity contribution < 1.29 is 9.53 Å². The Balaban J connectivity index is 2.61. The quantitative estimate of drug-likeness (QED) is 0.740. The molecule has 0 bridgehead atoms. The zero-order chi connectivity index (χ0) is 12.0. The van der Waals surface area contributed by atoms with Gasteiger partial charge < -0.3 is 15.0 Å². The standard InChI is InChI=1S/C11H19N3O2/c1-3-5-14-8-13-7-10(14)9(12)6-11(15)16-4-2/h7-9H,3-6,12H2,1-2H3/t9-/m1/s1. The van der Waals surface area contributed by atoms with E-state index in [2.05, 4.69) is 11.9 Å². The Morgan fingerprint density at radius 1 is 1.62 bits per heavy atom. The molecule has 0 spiro atoms. The summed E-state index contributed by atoms with van der Waals surface area (Å²) >= 11 is 0. The summed E-state index contributed by atoms with van der Waals surface area (Å²) in [7, 11) is 0. The average Bonchev–Trinajstić information content (AvgIpc) is 2.66. The molecule has 1 aromatic heterocycles. The van der Waals surface area contributed by atoms with Gasteiger partial charge in [0.05, 0.1) is 31.1 Å². The van der Waals surface area contributed by atoms with E-state index in [0.29, 0.717) is 6.61 Å². The molecule has 5 heteroatoms. The fraction of sp³-hybridized carbons (Fsp3) is 0.636. The first-order chi connectivity index (χ1) is 7.69. The number of hydrogen-bond acceptors (Lipinski definition) is 4. The van der Waals surface area contributed by atoms with Crippen LogP contribution in [0.25, 0.3) is 0 Å². The van der Waals surface area contributed by atoms with Gasteiger partial charge in [-0.05, 0) is 13.3 Å². The van der Waals surface area contributed by atoms with E-state index in [1.54, 1.807) is 19.4 Å². The molecule has 0 aliphatic rings. The molecule has 0 fully saturated rings. The number of hydrogen-bond donors (Lipinski definition) is 1. The van der Waals surface area contributed by atoms with Crippen molar-refractivity contribution in [2.45, 2.75) is 39.3 Å². The third-order valence-corrected chi connectivity index (χ3v) is 2.28. The van der Waals surface area contributed by atoms with Gasteiger partial charge in [0.2, 0.25) is 0 Å². The van der Waals surface area contributed by atoms with Crippen LogP contribution in [-0.2, 0) is 16.1 Å². The smallest absolute Gasteiger partial charge is 0.307 e. The van der Waals surface area contributed by atoms with E-state index in [-0.39, 0.29) is 18.4 Å². The largest absolute Gasteiger partial charge is 0.466 e. The maximum atomic E-state index is 11.3. The van der Waals surface area contributed by atoms with E-state index < -0.39 is 0 Å². The van der Waals surface area contributed by atoms with Crippen LogP contribution in [0.4, 0.5) is 0 Å². The number of carbonyl (C=O) groups is 1. The van der Waals surface area contributed by atoms with Crippen LogP contribution >= 0.6 is 0 Å². The molecule has 0 aromatic carbocycles. The van der Waals surface area contributed by atoms with Crippen molar-refractivity contribution in [1.29, 1.82) is 0 Å². The molecule has 1 rings (SSSR count). The van der Waals surface area contributed by atoms with Crippen molar-refractivity contribution in [1.82, 2.24) is 9.55 Å². The highest BCUT2D eigenvalue weighted by atomic mass is 16.5. The Kier molecular flexibility index (Phi) is 4.98. The molecule has 0 amide bonds. The van der Waals surface area contributed by atoms with Gasteiger partial charge in [-0.15, -0.1) is 0 Å². The molecule has 0 saturated carbocycles. The molecule has 0 aliphatic heterocycles. The fourth-order valence-corrected chi connectivity index (χ4v) is 1.57. The van der Waals surface area contributed by atoms with Gasteiger partial charge in [0, 0.05) is 12.7 Å². The van der Waals surface area contributed by atoms with Crippen LogP contribution in [0.2, 0.25) is 0 Å². The molecule has 1 aromatic rings. The number of esters is 1. The summed E-state index contributed by atoms with van der Waals surface area (Å²) in [6.07, 6.45) is 4.65. The second-order valence-electron chi connectivity index (χ2n) is 3.63. The van der Waals surface area contributed by atoms with Crippen LogP contribution in [-0.4, -0.2) is 22.1 Å². The van der Waals surface area contributed by atoms with Crippen LogP contribution in [0.15, 0.2) is 12.5 Å². The summed E-state index contributed by atoms with van der Waals surface area (Å²) in [6, 6.07) is -0.340. The molecular weight excluding hydrogens is 206 g/mol. The van der Waals surface area contributed by atoms with Crippen molar-refractivity contribution >= 4 is 5.97 Å². The van der Waals surface area contributed by atoms with Crippen molar-refractivity contribution in [3.05, 3.63) is 18.2 Å². The molecule has 2 N–H and O–H groups in total. The van der Waals surface area contributed by atoms with Gasteiger partial charge in [0.1, 0.15) is 0 Å². The maximum Gasteiger partial charge on any atom is 0.307 e. The summed E-state index contributed by atoms with van der Waals surface area (Å²) in [6.45, 7) is 5.12. The number of carbonyl (C=O) groups excluding carboxylic acids is 1. The van der Waals surface area contributed by atoms with Gasteiger partial charge in [-0.2, -0.15) is 0 Å². The fourth-order valence-electron chi connectivity index (χ4n) is 1.57. The lowest BCUT2D eigenvalue weighted by Crippen LogP contribution is -2.20. The third kappa shape index (κ3) is 3.34. The minimum atomic E-state index is -0.340. The predicted molar refractivity (Wildman–Crippen MR) is 60.7 cm³/mol. The molecular formula is C11H19N3O2. The van der Waals surface area contributed by atoms with Crippen LogP contribution < -0.4 is 5.73 Å². The Bertz CT molecular complexity index is 336. The minimum Gasteiger partial charge on any atom is -0.466 e. The summed E-state index contributed by atoms with van der Waals surface area (Å²) < 4.78 is 6.84. The molecule has 16 heavy (non-hydrogen) atoms. The number of imidazole rings is 1. The van der Waals surface area contributed by atoms with Gasteiger partial charge >= 0.3 is 5.97 Å². The first kappa shape index (κ1) is 12.7. The lowest BCUT2D eigenvalue weighted by Gasteiger charge is -2.13. The Morgan fingerprint density at radius 3 is 3.00 bits per heavy atom. The number of aryl methyl sites for hydroxylation is 1. The van der Waals surface area contributed by atoms with Crippen LogP contribution in [0.1, 0.15) is 38.4 Å². The second kappa shape index (κ2) is 6.27. The van der Waals surface area contributed by atoms with E-state index >= 15 is 0 Å². The van der Waals surface area contributed by atoms with Crippen LogP contribution in [0.5, 0.6) is 0 Å². The average molecular weight is 225 g/mol. The van der Waals surface area contributed by atoms with Gasteiger partial charge in [0.15, 0.2) is 0 Å². The number of ether oxygens (including phenoxy) is 1. The van der Waals surface area contributed by atoms with Crippen molar-refractivity contribution in [3.8, 4) is 0 Å². The Labute approximate surface area is 95.6 Å². The van der Waals surface area contributed by atoms with Gasteiger partial charge in [0.25, 0.3) is 0 Å². The number of aromatic nitrogens is 2. The summed E-state index contributed by atoms with van der Waals surface area (Å²) in [5.74, 6) is -0.265. The van der Waals surface area contributed by atoms with E-state index in [1.807, 2.05) is 4.57 Å². The van der Waals surface area contributed by atoms with Crippen molar-refractivity contribution in [3.63, 3.8) is 0 Å². The molecule has 1 atom stereocenters. The predicted octanol–water partition coefficient (Wildman–Crippen LogP) is 1.25. The molecule has 0 aliphatic carbocycles. The van der Waals surface area contributed by atoms with Gasteiger partial charge in [-0.1, -0.05) is 6.92 Å². The maximum absolute atomic E-state index is 11.3. The number of nitrogens with two attached hydrogens (primary N) is 1. The summed E-state index contributed by atoms with van der Waals surface area (Å²) in [5.41, 5.74) is 6.82. The Hall–Kier alpha value is -1.36. The minimum absolute atomic E-state index is 0.198. The van der Waals surface area contributed by atoms with Gasteiger partial charge in [-0.25, -0.2) is 4.98 Å². The van der Waals surface area contributed by atoms with E-state index in [9.17, 15) is 4.79 Å². The summed E-state index contributed by atoms with van der Waals surface area (Å²) in [5, 5.41) is 0. The Morgan fingerprint density at radius 2 is 2.38 bits per heavy atom. The lowest BCUT2D eigenvalue weighted by molar-refractivity contribution is -0.143. The zero-order valence-electron chi connectivity index (χ0n) is 9.85. The van der Waals surface area contributed by atoms with Crippen molar-refractivity contribution in [2.24, 2.45) is 5.73 Å². The second-order valence-corrected chi connectivity index (χ2v) is 3.63. The highest BCUT2D eigenvalue weighted by Crippen LogP contribution is 2.14. The molecule has 0 radical (unpaired) electrons. The highest BCUT2D eigenvalue weighted by molar-refractivity contribution is 5.70.